The topological polar surface area (TPSA) is 58.6 Å². The van der Waals surface area contributed by atoms with Gasteiger partial charge in [-0.05, 0) is 56.4 Å². The first-order valence-corrected chi connectivity index (χ1v) is 9.02. The van der Waals surface area contributed by atoms with Crippen molar-refractivity contribution in [1.82, 2.24) is 4.90 Å². The molecule has 0 spiro atoms. The van der Waals surface area contributed by atoms with Crippen LogP contribution in [0.3, 0.4) is 0 Å². The van der Waals surface area contributed by atoms with E-state index in [1.165, 1.54) is 25.5 Å². The smallest absolute Gasteiger partial charge is 0.321 e. The van der Waals surface area contributed by atoms with Crippen LogP contribution in [-0.2, 0) is 9.53 Å². The molecule has 0 saturated carbocycles. The molecule has 1 aromatic rings. The molecule has 0 heterocycles. The Balaban J connectivity index is 1.95. The molecule has 0 bridgehead atoms. The number of carbonyl (C=O) groups excluding carboxylic acids is 2. The summed E-state index contributed by atoms with van der Waals surface area (Å²) in [5, 5.41) is 3.47. The van der Waals surface area contributed by atoms with E-state index in [2.05, 4.69) is 16.1 Å². The lowest BCUT2D eigenvalue weighted by Crippen LogP contribution is -2.37. The molecule has 0 saturated heterocycles. The Hall–Kier alpha value is -2.01. The monoisotopic (exact) mass is 364 g/mol. The lowest BCUT2D eigenvalue weighted by Gasteiger charge is -2.24. The van der Waals surface area contributed by atoms with Crippen molar-refractivity contribution in [2.45, 2.75) is 38.5 Å². The van der Waals surface area contributed by atoms with Crippen molar-refractivity contribution in [3.8, 4) is 0 Å². The minimum Gasteiger partial charge on any atom is -0.469 e. The fourth-order valence-electron chi connectivity index (χ4n) is 2.79. The minimum atomic E-state index is -0.318. The van der Waals surface area contributed by atoms with E-state index in [-0.39, 0.29) is 18.4 Å². The molecule has 0 radical (unpaired) electrons. The minimum absolute atomic E-state index is 0.184. The second kappa shape index (κ2) is 10.1. The third kappa shape index (κ3) is 6.78. The summed E-state index contributed by atoms with van der Waals surface area (Å²) >= 11 is 5.87. The van der Waals surface area contributed by atoms with Gasteiger partial charge >= 0.3 is 12.0 Å². The number of amides is 2. The van der Waals surface area contributed by atoms with Crippen LogP contribution < -0.4 is 5.32 Å². The maximum Gasteiger partial charge on any atom is 0.321 e. The highest BCUT2D eigenvalue weighted by Gasteiger charge is 2.16. The maximum absolute atomic E-state index is 12.6. The van der Waals surface area contributed by atoms with Crippen molar-refractivity contribution in [3.63, 3.8) is 0 Å². The first-order valence-electron chi connectivity index (χ1n) is 8.64. The molecule has 1 aromatic carbocycles. The average molecular weight is 365 g/mol. The van der Waals surface area contributed by atoms with Crippen LogP contribution in [0.1, 0.15) is 38.5 Å². The Labute approximate surface area is 154 Å². The van der Waals surface area contributed by atoms with Gasteiger partial charge in [0, 0.05) is 23.8 Å². The molecule has 1 aliphatic carbocycles. The Bertz CT molecular complexity index is 614. The Morgan fingerprint density at radius 2 is 1.96 bits per heavy atom. The Morgan fingerprint density at radius 1 is 1.20 bits per heavy atom. The van der Waals surface area contributed by atoms with Gasteiger partial charge in [0.1, 0.15) is 0 Å². The van der Waals surface area contributed by atoms with Gasteiger partial charge in [-0.25, -0.2) is 4.79 Å². The quantitative estimate of drug-likeness (QED) is 0.567. The number of halogens is 1. The van der Waals surface area contributed by atoms with E-state index >= 15 is 0 Å². The molecule has 2 rings (SSSR count). The van der Waals surface area contributed by atoms with E-state index in [9.17, 15) is 9.59 Å². The molecule has 6 heteroatoms. The molecule has 136 valence electrons. The largest absolute Gasteiger partial charge is 0.469 e. The molecule has 0 atom stereocenters. The average Bonchev–Trinajstić information content (AvgIpc) is 2.64. The molecule has 0 aliphatic heterocycles. The zero-order chi connectivity index (χ0) is 18.1. The highest BCUT2D eigenvalue weighted by atomic mass is 35.5. The summed E-state index contributed by atoms with van der Waals surface area (Å²) in [4.78, 5) is 25.7. The van der Waals surface area contributed by atoms with E-state index in [4.69, 9.17) is 11.6 Å². The van der Waals surface area contributed by atoms with Crippen LogP contribution in [0, 0.1) is 0 Å². The van der Waals surface area contributed by atoms with Crippen LogP contribution in [0.2, 0.25) is 5.02 Å². The van der Waals surface area contributed by atoms with Gasteiger partial charge in [-0.15, -0.1) is 0 Å². The third-order valence-electron chi connectivity index (χ3n) is 4.28. The lowest BCUT2D eigenvalue weighted by molar-refractivity contribution is -0.140. The SMILES string of the molecule is COC(=O)CCN(CCC1=CCCCC1)C(=O)Nc1ccc(Cl)cc1. The van der Waals surface area contributed by atoms with Gasteiger partial charge in [0.05, 0.1) is 13.5 Å². The fourth-order valence-corrected chi connectivity index (χ4v) is 2.92. The van der Waals surface area contributed by atoms with Gasteiger partial charge in [-0.3, -0.25) is 4.79 Å². The summed E-state index contributed by atoms with van der Waals surface area (Å²) in [5.41, 5.74) is 2.07. The van der Waals surface area contributed by atoms with E-state index in [1.54, 1.807) is 29.2 Å². The van der Waals surface area contributed by atoms with Crippen molar-refractivity contribution >= 4 is 29.3 Å². The van der Waals surface area contributed by atoms with Gasteiger partial charge in [0.25, 0.3) is 0 Å². The molecule has 1 N–H and O–H groups in total. The number of nitrogens with one attached hydrogen (secondary N) is 1. The first kappa shape index (κ1) is 19.3. The fraction of sp³-hybridized carbons (Fsp3) is 0.474. The number of benzene rings is 1. The van der Waals surface area contributed by atoms with Crippen LogP contribution in [-0.4, -0.2) is 37.1 Å². The second-order valence-corrected chi connectivity index (χ2v) is 6.54. The van der Waals surface area contributed by atoms with E-state index in [1.807, 2.05) is 0 Å². The predicted octanol–water partition coefficient (Wildman–Crippen LogP) is 4.63. The number of urea groups is 1. The molecule has 2 amide bonds. The van der Waals surface area contributed by atoms with E-state index in [0.717, 1.165) is 19.3 Å². The number of carbonyl (C=O) groups is 2. The molecule has 0 fully saturated rings. The van der Waals surface area contributed by atoms with Gasteiger partial charge in [-0.1, -0.05) is 23.3 Å². The maximum atomic E-state index is 12.6. The van der Waals surface area contributed by atoms with Crippen LogP contribution in [0.4, 0.5) is 10.5 Å². The van der Waals surface area contributed by atoms with Crippen molar-refractivity contribution in [3.05, 3.63) is 40.9 Å². The molecule has 0 aromatic heterocycles. The normalized spacial score (nSPS) is 13.8. The van der Waals surface area contributed by atoms with Crippen LogP contribution in [0.25, 0.3) is 0 Å². The zero-order valence-electron chi connectivity index (χ0n) is 14.6. The van der Waals surface area contributed by atoms with Crippen molar-refractivity contribution in [1.29, 1.82) is 0 Å². The molecule has 1 aliphatic rings. The second-order valence-electron chi connectivity index (χ2n) is 6.11. The van der Waals surface area contributed by atoms with Gasteiger partial charge in [0.15, 0.2) is 0 Å². The third-order valence-corrected chi connectivity index (χ3v) is 4.54. The first-order chi connectivity index (χ1) is 12.1. The number of esters is 1. The summed E-state index contributed by atoms with van der Waals surface area (Å²) < 4.78 is 4.68. The molecule has 0 unspecified atom stereocenters. The van der Waals surface area contributed by atoms with Gasteiger partial charge < -0.3 is 15.0 Å². The van der Waals surface area contributed by atoms with E-state index in [0.29, 0.717) is 23.8 Å². The van der Waals surface area contributed by atoms with Crippen molar-refractivity contribution < 1.29 is 14.3 Å². The molecule has 25 heavy (non-hydrogen) atoms. The molecular formula is C19H25ClN2O3. The van der Waals surface area contributed by atoms with Crippen molar-refractivity contribution in [2.24, 2.45) is 0 Å². The Morgan fingerprint density at radius 3 is 2.60 bits per heavy atom. The van der Waals surface area contributed by atoms with Gasteiger partial charge in [-0.2, -0.15) is 0 Å². The lowest BCUT2D eigenvalue weighted by atomic mass is 9.97. The van der Waals surface area contributed by atoms with E-state index < -0.39 is 0 Å². The highest BCUT2D eigenvalue weighted by molar-refractivity contribution is 6.30. The summed E-state index contributed by atoms with van der Waals surface area (Å²) in [6.07, 6.45) is 7.98. The number of hydrogen-bond donors (Lipinski definition) is 1. The number of hydrogen-bond acceptors (Lipinski definition) is 3. The summed E-state index contributed by atoms with van der Waals surface area (Å²) in [6, 6.07) is 6.73. The number of ether oxygens (including phenoxy) is 1. The number of anilines is 1. The van der Waals surface area contributed by atoms with Gasteiger partial charge in [0.2, 0.25) is 0 Å². The standard InChI is InChI=1S/C19H25ClN2O3/c1-25-18(23)12-14-22(13-11-15-5-3-2-4-6-15)19(24)21-17-9-7-16(20)8-10-17/h5,7-10H,2-4,6,11-14H2,1H3,(H,21,24). The van der Waals surface area contributed by atoms with Crippen LogP contribution >= 0.6 is 11.6 Å². The summed E-state index contributed by atoms with van der Waals surface area (Å²) in [5.74, 6) is -0.318. The zero-order valence-corrected chi connectivity index (χ0v) is 15.3. The summed E-state index contributed by atoms with van der Waals surface area (Å²) in [6.45, 7) is 0.918. The number of methoxy groups -OCH3 is 1. The van der Waals surface area contributed by atoms with Crippen LogP contribution in [0.5, 0.6) is 0 Å². The van der Waals surface area contributed by atoms with Crippen molar-refractivity contribution in [2.75, 3.05) is 25.5 Å². The Kier molecular flexibility index (Phi) is 7.79. The number of allylic oxidation sites excluding steroid dienone is 1. The molecule has 5 nitrogen and oxygen atoms in total. The number of rotatable bonds is 7. The molecular weight excluding hydrogens is 340 g/mol. The number of nitrogens with zero attached hydrogens (tertiary/aromatic N) is 1. The summed E-state index contributed by atoms with van der Waals surface area (Å²) in [7, 11) is 1.35. The van der Waals surface area contributed by atoms with Crippen LogP contribution in [0.15, 0.2) is 35.9 Å². The predicted molar refractivity (Wildman–Crippen MR) is 99.8 cm³/mol. The highest BCUT2D eigenvalue weighted by Crippen LogP contribution is 2.21.